The van der Waals surface area contributed by atoms with Gasteiger partial charge in [0.1, 0.15) is 5.54 Å². The van der Waals surface area contributed by atoms with Crippen LogP contribution in [0.2, 0.25) is 5.02 Å². The van der Waals surface area contributed by atoms with Gasteiger partial charge in [-0.2, -0.15) is 10.4 Å². The summed E-state index contributed by atoms with van der Waals surface area (Å²) in [7, 11) is 0. The van der Waals surface area contributed by atoms with Crippen molar-refractivity contribution in [2.75, 3.05) is 0 Å². The first-order valence-electron chi connectivity index (χ1n) is 6.00. The molecule has 0 fully saturated rings. The van der Waals surface area contributed by atoms with E-state index in [4.69, 9.17) is 17.3 Å². The first-order valence-corrected chi connectivity index (χ1v) is 6.38. The Morgan fingerprint density at radius 3 is 2.63 bits per heavy atom. The average molecular weight is 275 g/mol. The van der Waals surface area contributed by atoms with Gasteiger partial charge < -0.3 is 5.73 Å². The van der Waals surface area contributed by atoms with Gasteiger partial charge in [-0.3, -0.25) is 4.68 Å². The molecule has 0 aliphatic heterocycles. The predicted octanol–water partition coefficient (Wildman–Crippen LogP) is 2.61. The van der Waals surface area contributed by atoms with E-state index in [1.807, 2.05) is 37.3 Å². The molecule has 98 valence electrons. The number of rotatable bonds is 4. The van der Waals surface area contributed by atoms with E-state index in [-0.39, 0.29) is 0 Å². The molecule has 2 rings (SSSR count). The molecule has 1 aromatic carbocycles. The first-order chi connectivity index (χ1) is 9.07. The van der Waals surface area contributed by atoms with Gasteiger partial charge in [0.2, 0.25) is 0 Å². The molecule has 0 bridgehead atoms. The Kier molecular flexibility index (Phi) is 3.89. The van der Waals surface area contributed by atoms with Crippen LogP contribution < -0.4 is 5.73 Å². The van der Waals surface area contributed by atoms with E-state index in [1.165, 1.54) is 0 Å². The molecule has 0 spiro atoms. The third kappa shape index (κ3) is 2.78. The lowest BCUT2D eigenvalue weighted by atomic mass is 9.89. The number of benzene rings is 1. The smallest absolute Gasteiger partial charge is 0.131 e. The van der Waals surface area contributed by atoms with Gasteiger partial charge in [-0.25, -0.2) is 0 Å². The van der Waals surface area contributed by atoms with Crippen LogP contribution in [0.25, 0.3) is 0 Å². The van der Waals surface area contributed by atoms with Crippen LogP contribution in [0.3, 0.4) is 0 Å². The van der Waals surface area contributed by atoms with Crippen LogP contribution in [0.5, 0.6) is 0 Å². The van der Waals surface area contributed by atoms with Crippen molar-refractivity contribution in [1.82, 2.24) is 9.78 Å². The van der Waals surface area contributed by atoms with Gasteiger partial charge in [0.25, 0.3) is 0 Å². The third-order valence-corrected chi connectivity index (χ3v) is 3.62. The average Bonchev–Trinajstić information content (AvgIpc) is 2.77. The minimum Gasteiger partial charge on any atom is -0.310 e. The van der Waals surface area contributed by atoms with Crippen LogP contribution in [0.15, 0.2) is 36.5 Å². The summed E-state index contributed by atoms with van der Waals surface area (Å²) in [6.45, 7) is 2.44. The molecule has 1 heterocycles. The minimum atomic E-state index is -1.01. The maximum atomic E-state index is 9.36. The maximum Gasteiger partial charge on any atom is 0.131 e. The number of nitriles is 1. The van der Waals surface area contributed by atoms with Crippen molar-refractivity contribution < 1.29 is 0 Å². The second kappa shape index (κ2) is 5.43. The van der Waals surface area contributed by atoms with Gasteiger partial charge in [0.15, 0.2) is 0 Å². The van der Waals surface area contributed by atoms with E-state index >= 15 is 0 Å². The predicted molar refractivity (Wildman–Crippen MR) is 74.5 cm³/mol. The summed E-state index contributed by atoms with van der Waals surface area (Å²) in [5, 5.41) is 14.2. The molecule has 0 saturated heterocycles. The summed E-state index contributed by atoms with van der Waals surface area (Å²) in [6, 6.07) is 11.6. The number of halogens is 1. The quantitative estimate of drug-likeness (QED) is 0.932. The van der Waals surface area contributed by atoms with Crippen LogP contribution in [0, 0.1) is 18.3 Å². The number of nitrogens with zero attached hydrogens (tertiary/aromatic N) is 3. The summed E-state index contributed by atoms with van der Waals surface area (Å²) < 4.78 is 1.77. The molecule has 2 aromatic rings. The molecule has 2 N–H and O–H groups in total. The number of nitrogens with two attached hydrogens (primary N) is 1. The molecule has 4 nitrogen and oxygen atoms in total. The second-order valence-electron chi connectivity index (χ2n) is 4.50. The molecule has 1 atom stereocenters. The lowest BCUT2D eigenvalue weighted by Crippen LogP contribution is -2.36. The van der Waals surface area contributed by atoms with Gasteiger partial charge in [0, 0.05) is 13.0 Å². The lowest BCUT2D eigenvalue weighted by Gasteiger charge is -2.22. The SMILES string of the molecule is Cc1c(Cl)cnn1CCC(N)(C#N)c1ccccc1. The molecule has 0 saturated carbocycles. The fourth-order valence-corrected chi connectivity index (χ4v) is 2.07. The van der Waals surface area contributed by atoms with Gasteiger partial charge in [-0.15, -0.1) is 0 Å². The Hall–Kier alpha value is -1.83. The van der Waals surface area contributed by atoms with Crippen molar-refractivity contribution in [3.05, 3.63) is 52.8 Å². The summed E-state index contributed by atoms with van der Waals surface area (Å²) in [5.41, 5.74) is 6.88. The van der Waals surface area contributed by atoms with E-state index in [9.17, 15) is 5.26 Å². The van der Waals surface area contributed by atoms with Gasteiger partial charge >= 0.3 is 0 Å². The highest BCUT2D eigenvalue weighted by molar-refractivity contribution is 6.31. The molecular formula is C14H15ClN4. The van der Waals surface area contributed by atoms with Crippen LogP contribution in [-0.4, -0.2) is 9.78 Å². The van der Waals surface area contributed by atoms with Gasteiger partial charge in [0.05, 0.1) is 23.0 Å². The zero-order valence-electron chi connectivity index (χ0n) is 10.7. The Morgan fingerprint density at radius 1 is 1.42 bits per heavy atom. The molecule has 0 aliphatic carbocycles. The third-order valence-electron chi connectivity index (χ3n) is 3.25. The van der Waals surface area contributed by atoms with Crippen molar-refractivity contribution in [3.63, 3.8) is 0 Å². The summed E-state index contributed by atoms with van der Waals surface area (Å²) in [5.74, 6) is 0. The number of hydrogen-bond donors (Lipinski definition) is 1. The number of aromatic nitrogens is 2. The van der Waals surface area contributed by atoms with Gasteiger partial charge in [-0.05, 0) is 12.5 Å². The highest BCUT2D eigenvalue weighted by atomic mass is 35.5. The Balaban J connectivity index is 2.17. The molecule has 0 radical (unpaired) electrons. The monoisotopic (exact) mass is 274 g/mol. The highest BCUT2D eigenvalue weighted by Crippen LogP contribution is 2.23. The molecule has 0 aliphatic rings. The highest BCUT2D eigenvalue weighted by Gasteiger charge is 2.27. The topological polar surface area (TPSA) is 67.6 Å². The van der Waals surface area contributed by atoms with Gasteiger partial charge in [-0.1, -0.05) is 41.9 Å². The number of aryl methyl sites for hydroxylation is 1. The summed E-state index contributed by atoms with van der Waals surface area (Å²) in [6.07, 6.45) is 2.08. The van der Waals surface area contributed by atoms with E-state index in [0.29, 0.717) is 18.0 Å². The Morgan fingerprint density at radius 2 is 2.11 bits per heavy atom. The molecule has 0 amide bonds. The first kappa shape index (κ1) is 13.6. The zero-order valence-corrected chi connectivity index (χ0v) is 11.4. The van der Waals surface area contributed by atoms with Crippen molar-refractivity contribution in [1.29, 1.82) is 5.26 Å². The summed E-state index contributed by atoms with van der Waals surface area (Å²) in [4.78, 5) is 0. The Bertz CT molecular complexity index is 600. The van der Waals surface area contributed by atoms with Crippen LogP contribution in [0.1, 0.15) is 17.7 Å². The van der Waals surface area contributed by atoms with Crippen LogP contribution in [-0.2, 0) is 12.1 Å². The fourth-order valence-electron chi connectivity index (χ4n) is 1.93. The minimum absolute atomic E-state index is 0.479. The molecule has 19 heavy (non-hydrogen) atoms. The van der Waals surface area contributed by atoms with Crippen molar-refractivity contribution in [2.45, 2.75) is 25.4 Å². The lowest BCUT2D eigenvalue weighted by molar-refractivity contribution is 0.446. The van der Waals surface area contributed by atoms with E-state index in [0.717, 1.165) is 11.3 Å². The van der Waals surface area contributed by atoms with E-state index in [2.05, 4.69) is 11.2 Å². The molecule has 5 heteroatoms. The van der Waals surface area contributed by atoms with Crippen molar-refractivity contribution in [3.8, 4) is 6.07 Å². The van der Waals surface area contributed by atoms with E-state index in [1.54, 1.807) is 10.9 Å². The second-order valence-corrected chi connectivity index (χ2v) is 4.91. The largest absolute Gasteiger partial charge is 0.310 e. The van der Waals surface area contributed by atoms with Crippen LogP contribution in [0.4, 0.5) is 0 Å². The molecule has 1 aromatic heterocycles. The molecular weight excluding hydrogens is 260 g/mol. The maximum absolute atomic E-state index is 9.36. The van der Waals surface area contributed by atoms with Crippen molar-refractivity contribution >= 4 is 11.6 Å². The molecule has 1 unspecified atom stereocenters. The summed E-state index contributed by atoms with van der Waals surface area (Å²) >= 11 is 5.95. The fraction of sp³-hybridized carbons (Fsp3) is 0.286. The Labute approximate surface area is 117 Å². The normalized spacial score (nSPS) is 13.8. The van der Waals surface area contributed by atoms with E-state index < -0.39 is 5.54 Å². The van der Waals surface area contributed by atoms with Crippen LogP contribution >= 0.6 is 11.6 Å². The standard InChI is InChI=1S/C14H15ClN4/c1-11-13(15)9-18-19(11)8-7-14(17,10-16)12-5-3-2-4-6-12/h2-6,9H,7-8,17H2,1H3. The van der Waals surface area contributed by atoms with Crippen molar-refractivity contribution in [2.24, 2.45) is 5.73 Å². The number of hydrogen-bond acceptors (Lipinski definition) is 3. The zero-order chi connectivity index (χ0) is 13.9.